The Morgan fingerprint density at radius 2 is 1.93 bits per heavy atom. The van der Waals surface area contributed by atoms with E-state index in [2.05, 4.69) is 82.4 Å². The van der Waals surface area contributed by atoms with Gasteiger partial charge in [0, 0.05) is 54.9 Å². The van der Waals surface area contributed by atoms with E-state index in [4.69, 9.17) is 21.3 Å². The number of likely N-dealkylation sites (tertiary alicyclic amines) is 1. The average molecular weight is 580 g/mol. The fraction of sp³-hybridized carbons (Fsp3) is 0.471. The summed E-state index contributed by atoms with van der Waals surface area (Å²) in [6.07, 6.45) is 4.44. The van der Waals surface area contributed by atoms with Crippen LogP contribution in [0.3, 0.4) is 0 Å². The van der Waals surface area contributed by atoms with Crippen LogP contribution in [0.25, 0.3) is 15.6 Å². The number of hydrogen-bond donors (Lipinski definition) is 0. The minimum Gasteiger partial charge on any atom is -0.462 e. The van der Waals surface area contributed by atoms with Gasteiger partial charge in [-0.15, -0.1) is 0 Å². The number of piperazine rings is 1. The highest BCUT2D eigenvalue weighted by molar-refractivity contribution is 5.94. The van der Waals surface area contributed by atoms with E-state index in [9.17, 15) is 4.79 Å². The molecule has 0 radical (unpaired) electrons. The highest BCUT2D eigenvalue weighted by Gasteiger charge is 2.35. The minimum atomic E-state index is -0.222. The maximum absolute atomic E-state index is 12.6. The molecule has 2 aromatic carbocycles. The molecule has 6 rings (SSSR count). The molecule has 3 aliphatic heterocycles. The molecular formula is C34H41N7O2. The largest absolute Gasteiger partial charge is 0.462 e. The van der Waals surface area contributed by atoms with Crippen LogP contribution in [-0.2, 0) is 17.8 Å². The summed E-state index contributed by atoms with van der Waals surface area (Å²) in [5, 5.41) is 2.46. The zero-order valence-electron chi connectivity index (χ0n) is 25.3. The van der Waals surface area contributed by atoms with E-state index in [-0.39, 0.29) is 18.5 Å². The molecule has 9 heteroatoms. The zero-order chi connectivity index (χ0) is 29.9. The van der Waals surface area contributed by atoms with E-state index in [1.165, 1.54) is 29.0 Å². The van der Waals surface area contributed by atoms with Crippen molar-refractivity contribution in [3.8, 4) is 6.01 Å². The van der Waals surface area contributed by atoms with Crippen molar-refractivity contribution in [3.63, 3.8) is 0 Å². The quantitative estimate of drug-likeness (QED) is 0.286. The predicted octanol–water partition coefficient (Wildman–Crippen LogP) is 4.57. The first-order valence-electron chi connectivity index (χ1n) is 15.5. The molecule has 0 N–H and O–H groups in total. The SMILES string of the molecule is [C-]#[N+]C[C@H]1CN(c2nc(OC[C@@H]3CCCN3C(C)C)nc3c2CCN(c2cccc4ccccc24)C3)CCN1C(=O)C=C. The first-order chi connectivity index (χ1) is 21.0. The van der Waals surface area contributed by atoms with Crippen molar-refractivity contribution < 1.29 is 9.53 Å². The van der Waals surface area contributed by atoms with E-state index in [1.54, 1.807) is 4.90 Å². The molecule has 9 nitrogen and oxygen atoms in total. The highest BCUT2D eigenvalue weighted by atomic mass is 16.5. The van der Waals surface area contributed by atoms with Crippen LogP contribution in [0.15, 0.2) is 55.1 Å². The maximum atomic E-state index is 12.6. The van der Waals surface area contributed by atoms with Gasteiger partial charge in [-0.2, -0.15) is 9.97 Å². The second kappa shape index (κ2) is 12.6. The predicted molar refractivity (Wildman–Crippen MR) is 170 cm³/mol. The van der Waals surface area contributed by atoms with Crippen LogP contribution < -0.4 is 14.5 Å². The highest BCUT2D eigenvalue weighted by Crippen LogP contribution is 2.35. The number of aromatic nitrogens is 2. The Hall–Kier alpha value is -4.16. The summed E-state index contributed by atoms with van der Waals surface area (Å²) in [6, 6.07) is 16.0. The van der Waals surface area contributed by atoms with Gasteiger partial charge in [0.15, 0.2) is 0 Å². The third kappa shape index (κ3) is 5.89. The number of benzene rings is 2. The van der Waals surface area contributed by atoms with Gasteiger partial charge in [-0.3, -0.25) is 9.69 Å². The average Bonchev–Trinajstić information content (AvgIpc) is 3.52. The van der Waals surface area contributed by atoms with Crippen LogP contribution in [0.1, 0.15) is 37.9 Å². The molecule has 0 unspecified atom stereocenters. The molecule has 0 saturated carbocycles. The van der Waals surface area contributed by atoms with Crippen LogP contribution >= 0.6 is 0 Å². The monoisotopic (exact) mass is 579 g/mol. The second-order valence-corrected chi connectivity index (χ2v) is 12.0. The summed E-state index contributed by atoms with van der Waals surface area (Å²) >= 11 is 0. The Kier molecular flexibility index (Phi) is 8.48. The molecule has 3 aromatic rings. The van der Waals surface area contributed by atoms with Gasteiger partial charge in [0.05, 0.1) is 12.2 Å². The summed E-state index contributed by atoms with van der Waals surface area (Å²) < 4.78 is 6.39. The smallest absolute Gasteiger partial charge is 0.318 e. The van der Waals surface area contributed by atoms with Gasteiger partial charge in [-0.25, -0.2) is 6.57 Å². The lowest BCUT2D eigenvalue weighted by molar-refractivity contribution is -0.128. The summed E-state index contributed by atoms with van der Waals surface area (Å²) in [6.45, 7) is 20.8. The van der Waals surface area contributed by atoms with E-state index in [0.29, 0.717) is 50.9 Å². The van der Waals surface area contributed by atoms with Crippen LogP contribution in [-0.4, -0.2) is 89.7 Å². The number of hydrogen-bond acceptors (Lipinski definition) is 7. The van der Waals surface area contributed by atoms with Gasteiger partial charge in [0.1, 0.15) is 18.5 Å². The third-order valence-electron chi connectivity index (χ3n) is 9.16. The molecule has 1 amide bonds. The van der Waals surface area contributed by atoms with Crippen LogP contribution in [0.5, 0.6) is 6.01 Å². The topological polar surface area (TPSA) is 69.4 Å². The van der Waals surface area contributed by atoms with E-state index < -0.39 is 0 Å². The van der Waals surface area contributed by atoms with Crippen molar-refractivity contribution in [2.45, 2.75) is 57.8 Å². The van der Waals surface area contributed by atoms with Crippen molar-refractivity contribution in [2.24, 2.45) is 0 Å². The number of carbonyl (C=O) groups is 1. The number of amides is 1. The summed E-state index contributed by atoms with van der Waals surface area (Å²) in [5.41, 5.74) is 3.33. The van der Waals surface area contributed by atoms with Gasteiger partial charge >= 0.3 is 6.01 Å². The Bertz CT molecular complexity index is 1530. The lowest BCUT2D eigenvalue weighted by Crippen LogP contribution is -2.56. The summed E-state index contributed by atoms with van der Waals surface area (Å²) in [5.74, 6) is 0.754. The minimum absolute atomic E-state index is 0.126. The van der Waals surface area contributed by atoms with Crippen LogP contribution in [0.4, 0.5) is 11.5 Å². The molecule has 0 bridgehead atoms. The fourth-order valence-corrected chi connectivity index (χ4v) is 7.01. The number of anilines is 2. The Balaban J connectivity index is 1.32. The number of fused-ring (bicyclic) bond motifs is 2. The molecule has 224 valence electrons. The van der Waals surface area contributed by atoms with Gasteiger partial charge < -0.3 is 24.3 Å². The number of nitrogens with zero attached hydrogens (tertiary/aromatic N) is 7. The number of rotatable bonds is 8. The van der Waals surface area contributed by atoms with Gasteiger partial charge in [0.25, 0.3) is 0 Å². The summed E-state index contributed by atoms with van der Waals surface area (Å²) in [7, 11) is 0. The van der Waals surface area contributed by atoms with Crippen LogP contribution in [0, 0.1) is 6.57 Å². The normalized spacial score (nSPS) is 20.7. The second-order valence-electron chi connectivity index (χ2n) is 12.0. The van der Waals surface area contributed by atoms with Crippen molar-refractivity contribution in [1.82, 2.24) is 19.8 Å². The fourth-order valence-electron chi connectivity index (χ4n) is 7.01. The van der Waals surface area contributed by atoms with Crippen molar-refractivity contribution >= 4 is 28.2 Å². The van der Waals surface area contributed by atoms with Crippen molar-refractivity contribution in [2.75, 3.05) is 55.7 Å². The molecule has 2 saturated heterocycles. The van der Waals surface area contributed by atoms with E-state index in [1.807, 2.05) is 0 Å². The Morgan fingerprint density at radius 3 is 2.74 bits per heavy atom. The van der Waals surface area contributed by atoms with Crippen LogP contribution in [0.2, 0.25) is 0 Å². The van der Waals surface area contributed by atoms with E-state index >= 15 is 0 Å². The Labute approximate surface area is 254 Å². The lowest BCUT2D eigenvalue weighted by Gasteiger charge is -2.41. The molecule has 43 heavy (non-hydrogen) atoms. The zero-order valence-corrected chi connectivity index (χ0v) is 25.3. The van der Waals surface area contributed by atoms with Gasteiger partial charge in [-0.05, 0) is 57.2 Å². The number of carbonyl (C=O) groups excluding carboxylic acids is 1. The van der Waals surface area contributed by atoms with Crippen molar-refractivity contribution in [3.05, 3.63) is 77.8 Å². The van der Waals surface area contributed by atoms with Crippen molar-refractivity contribution in [1.29, 1.82) is 0 Å². The molecule has 2 fully saturated rings. The summed E-state index contributed by atoms with van der Waals surface area (Å²) in [4.78, 5) is 35.2. The molecule has 3 aliphatic rings. The molecule has 1 aromatic heterocycles. The maximum Gasteiger partial charge on any atom is 0.318 e. The van der Waals surface area contributed by atoms with E-state index in [0.717, 1.165) is 43.0 Å². The Morgan fingerprint density at radius 1 is 1.09 bits per heavy atom. The molecular weight excluding hydrogens is 538 g/mol. The van der Waals surface area contributed by atoms with Gasteiger partial charge in [-0.1, -0.05) is 43.0 Å². The standard InChI is InChI=1S/C34H41N7O2/c1-5-32(42)41-19-18-39(21-27(41)20-35-4)33-29-15-17-38(31-14-8-11-25-10-6-7-13-28(25)31)22-30(29)36-34(37-33)43-23-26-12-9-16-40(26)24(2)3/h5-8,10-11,13-14,24,26-27H,1,9,12,15-23H2,2-3H3/t26-,27-/m0/s1. The number of ether oxygens (including phenoxy) is 1. The molecule has 0 aliphatic carbocycles. The first kappa shape index (κ1) is 28.9. The molecule has 2 atom stereocenters. The van der Waals surface area contributed by atoms with Gasteiger partial charge in [0.2, 0.25) is 12.5 Å². The first-order valence-corrected chi connectivity index (χ1v) is 15.5. The lowest BCUT2D eigenvalue weighted by atomic mass is 10.0. The third-order valence-corrected chi connectivity index (χ3v) is 9.16. The molecule has 0 spiro atoms. The molecule has 4 heterocycles.